The summed E-state index contributed by atoms with van der Waals surface area (Å²) in [5.74, 6) is -1.42. The maximum atomic E-state index is 13.7. The molecule has 0 aliphatic carbocycles. The smallest absolute Gasteiger partial charge is 0.383 e. The van der Waals surface area contributed by atoms with Gasteiger partial charge in [-0.2, -0.15) is 0 Å². The lowest BCUT2D eigenvalue weighted by Crippen LogP contribution is -2.46. The summed E-state index contributed by atoms with van der Waals surface area (Å²) >= 11 is 0. The van der Waals surface area contributed by atoms with E-state index in [2.05, 4.69) is 17.6 Å². The number of ether oxygens (including phenoxy) is 2. The predicted octanol–water partition coefficient (Wildman–Crippen LogP) is 8.78. The van der Waals surface area contributed by atoms with E-state index >= 15 is 0 Å². The van der Waals surface area contributed by atoms with Crippen molar-refractivity contribution < 1.29 is 42.3 Å². The van der Waals surface area contributed by atoms with Gasteiger partial charge in [-0.1, -0.05) is 146 Å². The van der Waals surface area contributed by atoms with Crippen LogP contribution in [0.1, 0.15) is 128 Å². The highest BCUT2D eigenvalue weighted by molar-refractivity contribution is 7.48. The first-order valence-corrected chi connectivity index (χ1v) is 21.6. The highest BCUT2D eigenvalue weighted by Gasteiger charge is 2.38. The lowest BCUT2D eigenvalue weighted by Gasteiger charge is -2.30. The van der Waals surface area contributed by atoms with E-state index in [-0.39, 0.29) is 38.7 Å². The Morgan fingerprint density at radius 1 is 0.741 bits per heavy atom. The molecule has 0 unspecified atom stereocenters. The number of hydrogen-bond donors (Lipinski definition) is 3. The summed E-state index contributed by atoms with van der Waals surface area (Å²) < 4.78 is 42.7. The SMILES string of the molecule is CCCCCCCCCCCCCC1(CCCNC(=O)CCNC(=O)[C@H](O)C(C)(C)COP(=O)(OCc2ccccc2)OCc2ccccc2)OCCO1. The molecule has 1 aliphatic rings. The predicted molar refractivity (Wildman–Crippen MR) is 211 cm³/mol. The largest absolute Gasteiger partial charge is 0.475 e. The molecule has 304 valence electrons. The molecule has 0 bridgehead atoms. The minimum Gasteiger partial charge on any atom is -0.383 e. The van der Waals surface area contributed by atoms with Crippen molar-refractivity contribution in [1.82, 2.24) is 10.6 Å². The maximum absolute atomic E-state index is 13.7. The summed E-state index contributed by atoms with van der Waals surface area (Å²) in [4.78, 5) is 25.4. The molecule has 1 heterocycles. The van der Waals surface area contributed by atoms with Crippen molar-refractivity contribution in [1.29, 1.82) is 0 Å². The molecule has 0 spiro atoms. The van der Waals surface area contributed by atoms with Crippen molar-refractivity contribution in [2.45, 2.75) is 142 Å². The van der Waals surface area contributed by atoms with E-state index in [0.717, 1.165) is 30.4 Å². The summed E-state index contributed by atoms with van der Waals surface area (Å²) in [6, 6.07) is 18.4. The van der Waals surface area contributed by atoms with Crippen molar-refractivity contribution in [2.75, 3.05) is 32.9 Å². The third-order valence-electron chi connectivity index (χ3n) is 9.73. The van der Waals surface area contributed by atoms with Gasteiger partial charge in [0.05, 0.1) is 33.0 Å². The zero-order valence-electron chi connectivity index (χ0n) is 33.1. The number of amides is 2. The second-order valence-electron chi connectivity index (χ2n) is 15.0. The van der Waals surface area contributed by atoms with E-state index in [4.69, 9.17) is 23.0 Å². The van der Waals surface area contributed by atoms with Gasteiger partial charge >= 0.3 is 7.82 Å². The van der Waals surface area contributed by atoms with Gasteiger partial charge in [0.15, 0.2) is 5.79 Å². The first-order valence-electron chi connectivity index (χ1n) is 20.2. The van der Waals surface area contributed by atoms with Crippen LogP contribution in [0.3, 0.4) is 0 Å². The Kier molecular flexibility index (Phi) is 21.6. The quantitative estimate of drug-likeness (QED) is 0.0525. The fourth-order valence-corrected chi connectivity index (χ4v) is 7.61. The van der Waals surface area contributed by atoms with Gasteiger partial charge in [0.1, 0.15) is 6.10 Å². The van der Waals surface area contributed by atoms with Gasteiger partial charge in [-0.15, -0.1) is 0 Å². The molecule has 1 fully saturated rings. The number of phosphoric acid groups is 1. The van der Waals surface area contributed by atoms with Gasteiger partial charge in [0.25, 0.3) is 0 Å². The average molecular weight is 775 g/mol. The minimum absolute atomic E-state index is 0.0136. The third-order valence-corrected chi connectivity index (χ3v) is 11.1. The number of carbonyl (C=O) groups excluding carboxylic acids is 2. The molecule has 54 heavy (non-hydrogen) atoms. The van der Waals surface area contributed by atoms with Crippen LogP contribution in [0.2, 0.25) is 0 Å². The highest BCUT2D eigenvalue weighted by Crippen LogP contribution is 2.52. The van der Waals surface area contributed by atoms with Crippen molar-refractivity contribution >= 4 is 19.6 Å². The Morgan fingerprint density at radius 2 is 1.24 bits per heavy atom. The first-order chi connectivity index (χ1) is 26.1. The normalized spacial score (nSPS) is 14.9. The number of benzene rings is 2. The maximum Gasteiger partial charge on any atom is 0.475 e. The summed E-state index contributed by atoms with van der Waals surface area (Å²) in [6.07, 6.45) is 15.1. The van der Waals surface area contributed by atoms with Crippen LogP contribution in [0.5, 0.6) is 0 Å². The molecule has 1 aliphatic heterocycles. The van der Waals surface area contributed by atoms with Crippen LogP contribution in [-0.4, -0.2) is 61.7 Å². The lowest BCUT2D eigenvalue weighted by atomic mass is 9.87. The number of unbranched alkanes of at least 4 members (excludes halogenated alkanes) is 10. The fourth-order valence-electron chi connectivity index (χ4n) is 6.29. The molecular formula is C42H67N2O9P. The van der Waals surface area contributed by atoms with Crippen LogP contribution < -0.4 is 10.6 Å². The zero-order valence-corrected chi connectivity index (χ0v) is 34.0. The summed E-state index contributed by atoms with van der Waals surface area (Å²) in [5.41, 5.74) is 0.396. The lowest BCUT2D eigenvalue weighted by molar-refractivity contribution is -0.168. The number of rotatable bonds is 30. The average Bonchev–Trinajstić information content (AvgIpc) is 3.65. The van der Waals surface area contributed by atoms with E-state index in [1.807, 2.05) is 60.7 Å². The summed E-state index contributed by atoms with van der Waals surface area (Å²) in [5, 5.41) is 16.4. The van der Waals surface area contributed by atoms with Crippen molar-refractivity contribution in [2.24, 2.45) is 5.41 Å². The monoisotopic (exact) mass is 774 g/mol. The molecule has 3 N–H and O–H groups in total. The molecule has 11 nitrogen and oxygen atoms in total. The molecule has 2 aromatic carbocycles. The van der Waals surface area contributed by atoms with Gasteiger partial charge in [-0.05, 0) is 24.0 Å². The molecule has 3 rings (SSSR count). The van der Waals surface area contributed by atoms with Gasteiger partial charge < -0.3 is 25.2 Å². The molecular weight excluding hydrogens is 707 g/mol. The van der Waals surface area contributed by atoms with Gasteiger partial charge in [0, 0.05) is 37.8 Å². The van der Waals surface area contributed by atoms with E-state index in [9.17, 15) is 19.3 Å². The van der Waals surface area contributed by atoms with Crippen LogP contribution in [0, 0.1) is 5.41 Å². The molecule has 0 aromatic heterocycles. The summed E-state index contributed by atoms with van der Waals surface area (Å²) in [6.45, 7) is 6.89. The van der Waals surface area contributed by atoms with E-state index in [1.165, 1.54) is 64.2 Å². The second-order valence-corrected chi connectivity index (χ2v) is 16.7. The molecule has 1 saturated heterocycles. The number of hydrogen-bond acceptors (Lipinski definition) is 9. The van der Waals surface area contributed by atoms with E-state index in [1.54, 1.807) is 13.8 Å². The van der Waals surface area contributed by atoms with Gasteiger partial charge in [-0.25, -0.2) is 4.57 Å². The Bertz CT molecular complexity index is 1310. The topological polar surface area (TPSA) is 142 Å². The Labute approximate surface area is 324 Å². The molecule has 1 atom stereocenters. The number of nitrogens with one attached hydrogen (secondary N) is 2. The van der Waals surface area contributed by atoms with E-state index < -0.39 is 31.0 Å². The van der Waals surface area contributed by atoms with Crippen LogP contribution in [-0.2, 0) is 50.4 Å². The Hall–Kier alpha value is -2.63. The zero-order chi connectivity index (χ0) is 39.0. The molecule has 0 saturated carbocycles. The van der Waals surface area contributed by atoms with Gasteiger partial charge in [0.2, 0.25) is 11.8 Å². The highest BCUT2D eigenvalue weighted by atomic mass is 31.2. The van der Waals surface area contributed by atoms with Crippen LogP contribution in [0.15, 0.2) is 60.7 Å². The van der Waals surface area contributed by atoms with Crippen LogP contribution in [0.25, 0.3) is 0 Å². The summed E-state index contributed by atoms with van der Waals surface area (Å²) in [7, 11) is -4.10. The first kappa shape index (κ1) is 45.8. The van der Waals surface area contributed by atoms with Crippen molar-refractivity contribution in [3.05, 3.63) is 71.8 Å². The Morgan fingerprint density at radius 3 is 1.78 bits per heavy atom. The van der Waals surface area contributed by atoms with Crippen LogP contribution in [0.4, 0.5) is 0 Å². The molecule has 2 amide bonds. The number of aliphatic hydroxyl groups excluding tert-OH is 1. The number of aliphatic hydroxyl groups is 1. The number of carbonyl (C=O) groups is 2. The van der Waals surface area contributed by atoms with Crippen molar-refractivity contribution in [3.63, 3.8) is 0 Å². The fraction of sp³-hybridized carbons (Fsp3) is 0.667. The third kappa shape index (κ3) is 18.3. The van der Waals surface area contributed by atoms with Crippen LogP contribution >= 0.6 is 7.82 Å². The van der Waals surface area contributed by atoms with Gasteiger partial charge in [-0.3, -0.25) is 23.2 Å². The minimum atomic E-state index is -4.10. The number of phosphoric ester groups is 1. The molecule has 2 aromatic rings. The molecule has 0 radical (unpaired) electrons. The van der Waals surface area contributed by atoms with E-state index in [0.29, 0.717) is 26.2 Å². The second kappa shape index (κ2) is 25.5. The Balaban J connectivity index is 1.32. The molecule has 12 heteroatoms. The standard InChI is InChI=1S/C42H67N2O9P/c1-4-5-6-7-8-9-10-11-12-13-20-27-42(49-31-32-50-42)28-21-29-43-38(45)26-30-44-40(47)39(46)41(2,3)35-53-54(48,51-33-36-22-16-14-17-23-36)52-34-37-24-18-15-19-25-37/h14-19,22-25,39,46H,4-13,20-21,26-35H2,1-3H3,(H,43,45)(H,44,47)/t39-/m0/s1. The van der Waals surface area contributed by atoms with Crippen molar-refractivity contribution in [3.8, 4) is 0 Å².